The van der Waals surface area contributed by atoms with Crippen molar-refractivity contribution in [1.82, 2.24) is 8.61 Å². The molecule has 0 N–H and O–H groups in total. The molecule has 10 heteroatoms. The van der Waals surface area contributed by atoms with Crippen LogP contribution < -0.4 is 0 Å². The summed E-state index contributed by atoms with van der Waals surface area (Å²) in [5, 5.41) is 0. The van der Waals surface area contributed by atoms with Crippen LogP contribution in [-0.2, 0) is 20.0 Å². The van der Waals surface area contributed by atoms with Gasteiger partial charge in [0.1, 0.15) is 16.5 Å². The summed E-state index contributed by atoms with van der Waals surface area (Å²) in [6.07, 6.45) is 0.939. The minimum absolute atomic E-state index is 0.0778. The monoisotopic (exact) mass is 458 g/mol. The molecule has 2 aromatic rings. The number of hydrogen-bond donors (Lipinski definition) is 0. The first-order valence-corrected chi connectivity index (χ1v) is 12.5. The third-order valence-corrected chi connectivity index (χ3v) is 9.23. The molecule has 164 valence electrons. The van der Waals surface area contributed by atoms with Crippen LogP contribution in [-0.4, -0.2) is 51.6 Å². The predicted molar refractivity (Wildman–Crippen MR) is 109 cm³/mol. The molecule has 1 aliphatic heterocycles. The average molecular weight is 459 g/mol. The SMILES string of the molecule is CCC(C)c1ccc(S(=O)(=O)N2CCN(S(=O)(=O)c3cc(F)ccc3F)CC2)cc1. The summed E-state index contributed by atoms with van der Waals surface area (Å²) in [5.41, 5.74) is 1.05. The minimum atomic E-state index is -4.27. The van der Waals surface area contributed by atoms with E-state index in [0.29, 0.717) is 12.0 Å². The molecule has 1 atom stereocenters. The van der Waals surface area contributed by atoms with E-state index in [0.717, 1.165) is 28.4 Å². The minimum Gasteiger partial charge on any atom is -0.207 e. The highest BCUT2D eigenvalue weighted by molar-refractivity contribution is 7.89. The van der Waals surface area contributed by atoms with Crippen LogP contribution in [0.2, 0.25) is 0 Å². The van der Waals surface area contributed by atoms with Crippen molar-refractivity contribution in [3.05, 3.63) is 59.7 Å². The van der Waals surface area contributed by atoms with Crippen LogP contribution in [0.3, 0.4) is 0 Å². The van der Waals surface area contributed by atoms with Crippen molar-refractivity contribution in [2.24, 2.45) is 0 Å². The summed E-state index contributed by atoms with van der Waals surface area (Å²) in [5.74, 6) is -1.59. The number of hydrogen-bond acceptors (Lipinski definition) is 4. The molecule has 1 heterocycles. The van der Waals surface area contributed by atoms with E-state index >= 15 is 0 Å². The van der Waals surface area contributed by atoms with Gasteiger partial charge in [-0.3, -0.25) is 0 Å². The van der Waals surface area contributed by atoms with Gasteiger partial charge in [0.2, 0.25) is 20.0 Å². The molecule has 30 heavy (non-hydrogen) atoms. The van der Waals surface area contributed by atoms with Gasteiger partial charge in [-0.2, -0.15) is 8.61 Å². The van der Waals surface area contributed by atoms with Crippen LogP contribution in [0.1, 0.15) is 31.7 Å². The molecule has 0 aliphatic carbocycles. The summed E-state index contributed by atoms with van der Waals surface area (Å²) in [6, 6.07) is 8.91. The van der Waals surface area contributed by atoms with E-state index in [9.17, 15) is 25.6 Å². The molecule has 1 unspecified atom stereocenters. The highest BCUT2D eigenvalue weighted by Gasteiger charge is 2.35. The van der Waals surface area contributed by atoms with Gasteiger partial charge in [0.25, 0.3) is 0 Å². The van der Waals surface area contributed by atoms with Gasteiger partial charge in [0.05, 0.1) is 4.90 Å². The zero-order valence-electron chi connectivity index (χ0n) is 16.8. The first-order valence-electron chi connectivity index (χ1n) is 9.62. The third kappa shape index (κ3) is 4.41. The van der Waals surface area contributed by atoms with Gasteiger partial charge in [0.15, 0.2) is 0 Å². The van der Waals surface area contributed by atoms with Crippen molar-refractivity contribution < 1.29 is 25.6 Å². The molecule has 0 aromatic heterocycles. The largest absolute Gasteiger partial charge is 0.246 e. The lowest BCUT2D eigenvalue weighted by atomic mass is 9.99. The summed E-state index contributed by atoms with van der Waals surface area (Å²) in [4.78, 5) is -0.610. The molecule has 1 saturated heterocycles. The van der Waals surface area contributed by atoms with E-state index < -0.39 is 36.6 Å². The predicted octanol–water partition coefficient (Wildman–Crippen LogP) is 3.17. The molecule has 1 fully saturated rings. The van der Waals surface area contributed by atoms with Gasteiger partial charge < -0.3 is 0 Å². The van der Waals surface area contributed by atoms with E-state index in [1.54, 1.807) is 24.3 Å². The molecule has 0 amide bonds. The maximum Gasteiger partial charge on any atom is 0.246 e. The van der Waals surface area contributed by atoms with Gasteiger partial charge in [-0.1, -0.05) is 26.0 Å². The van der Waals surface area contributed by atoms with E-state index in [4.69, 9.17) is 0 Å². The van der Waals surface area contributed by atoms with E-state index in [2.05, 4.69) is 13.8 Å². The highest BCUT2D eigenvalue weighted by Crippen LogP contribution is 2.25. The number of sulfonamides is 2. The van der Waals surface area contributed by atoms with Gasteiger partial charge >= 0.3 is 0 Å². The molecule has 1 aliphatic rings. The molecule has 3 rings (SSSR count). The van der Waals surface area contributed by atoms with Gasteiger partial charge in [-0.25, -0.2) is 25.6 Å². The maximum absolute atomic E-state index is 13.9. The zero-order valence-corrected chi connectivity index (χ0v) is 18.4. The second kappa shape index (κ2) is 8.70. The first-order chi connectivity index (χ1) is 14.1. The lowest BCUT2D eigenvalue weighted by Crippen LogP contribution is -2.50. The fourth-order valence-corrected chi connectivity index (χ4v) is 6.24. The molecule has 2 aromatic carbocycles. The van der Waals surface area contributed by atoms with Gasteiger partial charge in [-0.05, 0) is 48.2 Å². The summed E-state index contributed by atoms with van der Waals surface area (Å²) >= 11 is 0. The van der Waals surface area contributed by atoms with Crippen molar-refractivity contribution >= 4 is 20.0 Å². The standard InChI is InChI=1S/C20H24F2N2O4S2/c1-3-15(2)16-4-7-18(8-5-16)29(25,26)23-10-12-24(13-11-23)30(27,28)20-14-17(21)6-9-19(20)22/h4-9,14-15H,3,10-13H2,1-2H3. The Morgan fingerprint density at radius 1 is 0.867 bits per heavy atom. The second-order valence-corrected chi connectivity index (χ2v) is 11.1. The number of rotatable bonds is 6. The molecule has 0 bridgehead atoms. The Balaban J connectivity index is 1.75. The fourth-order valence-electron chi connectivity index (χ4n) is 3.32. The summed E-state index contributed by atoms with van der Waals surface area (Å²) in [6.45, 7) is 3.66. The Hall–Kier alpha value is -1.88. The smallest absolute Gasteiger partial charge is 0.207 e. The zero-order chi connectivity index (χ0) is 22.1. The van der Waals surface area contributed by atoms with Crippen LogP contribution in [0.5, 0.6) is 0 Å². The molecule has 0 saturated carbocycles. The molecule has 0 radical (unpaired) electrons. The quantitative estimate of drug-likeness (QED) is 0.667. The molecule has 0 spiro atoms. The number of benzene rings is 2. The van der Waals surface area contributed by atoms with Crippen LogP contribution in [0.25, 0.3) is 0 Å². The van der Waals surface area contributed by atoms with Gasteiger partial charge in [0, 0.05) is 26.2 Å². The van der Waals surface area contributed by atoms with E-state index in [1.807, 2.05) is 0 Å². The Morgan fingerprint density at radius 2 is 1.40 bits per heavy atom. The second-order valence-electron chi connectivity index (χ2n) is 7.26. The summed E-state index contributed by atoms with van der Waals surface area (Å²) in [7, 11) is -8.05. The number of halogens is 2. The van der Waals surface area contributed by atoms with Crippen molar-refractivity contribution in [2.75, 3.05) is 26.2 Å². The van der Waals surface area contributed by atoms with Gasteiger partial charge in [-0.15, -0.1) is 0 Å². The van der Waals surface area contributed by atoms with Crippen LogP contribution >= 0.6 is 0 Å². The lowest BCUT2D eigenvalue weighted by molar-refractivity contribution is 0.272. The Bertz CT molecular complexity index is 1110. The number of nitrogens with zero attached hydrogens (tertiary/aromatic N) is 2. The van der Waals surface area contributed by atoms with Crippen molar-refractivity contribution in [2.45, 2.75) is 36.0 Å². The van der Waals surface area contributed by atoms with Crippen molar-refractivity contribution in [3.8, 4) is 0 Å². The Labute approximate surface area is 176 Å². The Morgan fingerprint density at radius 3 is 1.93 bits per heavy atom. The fraction of sp³-hybridized carbons (Fsp3) is 0.400. The average Bonchev–Trinajstić information content (AvgIpc) is 2.75. The van der Waals surface area contributed by atoms with Crippen molar-refractivity contribution in [1.29, 1.82) is 0 Å². The normalized spacial score (nSPS) is 17.7. The molecule has 6 nitrogen and oxygen atoms in total. The highest BCUT2D eigenvalue weighted by atomic mass is 32.2. The first kappa shape index (κ1) is 22.8. The van der Waals surface area contributed by atoms with Crippen LogP contribution in [0.4, 0.5) is 8.78 Å². The Kier molecular flexibility index (Phi) is 6.61. The summed E-state index contributed by atoms with van der Waals surface area (Å²) < 4.78 is 80.7. The third-order valence-electron chi connectivity index (χ3n) is 5.41. The van der Waals surface area contributed by atoms with Crippen LogP contribution in [0.15, 0.2) is 52.3 Å². The number of piperazine rings is 1. The van der Waals surface area contributed by atoms with Crippen molar-refractivity contribution in [3.63, 3.8) is 0 Å². The van der Waals surface area contributed by atoms with E-state index in [1.165, 1.54) is 4.31 Å². The molecular weight excluding hydrogens is 434 g/mol. The lowest BCUT2D eigenvalue weighted by Gasteiger charge is -2.33. The van der Waals surface area contributed by atoms with Crippen LogP contribution in [0, 0.1) is 11.6 Å². The molecular formula is C20H24F2N2O4S2. The van der Waals surface area contributed by atoms with E-state index in [-0.39, 0.29) is 31.1 Å². The maximum atomic E-state index is 13.9. The topological polar surface area (TPSA) is 74.8 Å².